The summed E-state index contributed by atoms with van der Waals surface area (Å²) in [6.45, 7) is 2.24. The summed E-state index contributed by atoms with van der Waals surface area (Å²) in [5, 5.41) is 18.3. The van der Waals surface area contributed by atoms with Crippen LogP contribution in [0.1, 0.15) is 200 Å². The number of carbonyl (C=O) groups is 2. The molecule has 338 valence electrons. The predicted octanol–water partition coefficient (Wildman–Crippen LogP) is 12.5. The van der Waals surface area contributed by atoms with Crippen molar-refractivity contribution in [1.29, 1.82) is 0 Å². The monoisotopic (exact) mass is 841 g/mol. The predicted molar refractivity (Wildman–Crippen MR) is 237 cm³/mol. The van der Waals surface area contributed by atoms with E-state index >= 15 is 0 Å². The van der Waals surface area contributed by atoms with E-state index in [0.717, 1.165) is 57.8 Å². The summed E-state index contributed by atoms with van der Waals surface area (Å²) in [4.78, 5) is 35.0. The van der Waals surface area contributed by atoms with Crippen LogP contribution in [0, 0.1) is 0 Å². The molecule has 0 heterocycles. The van der Waals surface area contributed by atoms with E-state index in [0.29, 0.717) is 12.8 Å². The minimum Gasteiger partial charge on any atom is -0.462 e. The van der Waals surface area contributed by atoms with Gasteiger partial charge in [-0.15, -0.1) is 0 Å². The van der Waals surface area contributed by atoms with Gasteiger partial charge in [0.2, 0.25) is 0 Å². The second kappa shape index (κ2) is 43.0. The molecule has 3 N–H and O–H groups in total. The Morgan fingerprint density at radius 3 is 1.43 bits per heavy atom. The third-order valence-electron chi connectivity index (χ3n) is 9.75. The van der Waals surface area contributed by atoms with E-state index < -0.39 is 51.8 Å². The second-order valence-electron chi connectivity index (χ2n) is 15.4. The lowest BCUT2D eigenvalue weighted by molar-refractivity contribution is -0.161. The van der Waals surface area contributed by atoms with E-state index in [1.165, 1.54) is 103 Å². The van der Waals surface area contributed by atoms with Crippen molar-refractivity contribution < 1.29 is 47.8 Å². The first-order valence-corrected chi connectivity index (χ1v) is 24.6. The third kappa shape index (κ3) is 42.1. The van der Waals surface area contributed by atoms with Gasteiger partial charge in [-0.2, -0.15) is 0 Å². The Labute approximate surface area is 353 Å². The Morgan fingerprint density at radius 1 is 0.534 bits per heavy atom. The maximum Gasteiger partial charge on any atom is 0.472 e. The Bertz CT molecular complexity index is 1110. The fourth-order valence-corrected chi connectivity index (χ4v) is 7.01. The highest BCUT2D eigenvalue weighted by Crippen LogP contribution is 2.43. The van der Waals surface area contributed by atoms with Crippen LogP contribution in [0.4, 0.5) is 0 Å². The number of phosphoric ester groups is 1. The van der Waals surface area contributed by atoms with Gasteiger partial charge in [0.25, 0.3) is 0 Å². The van der Waals surface area contributed by atoms with E-state index in [-0.39, 0.29) is 19.4 Å². The molecule has 0 aliphatic carbocycles. The molecule has 58 heavy (non-hydrogen) atoms. The molecule has 10 nitrogen and oxygen atoms in total. The number of allylic oxidation sites excluding steroid dienone is 8. The molecule has 0 aromatic carbocycles. The molecular formula is C47H85O10P. The van der Waals surface area contributed by atoms with Crippen LogP contribution >= 0.6 is 7.82 Å². The molecule has 0 aromatic heterocycles. The zero-order valence-corrected chi connectivity index (χ0v) is 37.6. The lowest BCUT2D eigenvalue weighted by Crippen LogP contribution is -2.29. The molecule has 3 atom stereocenters. The SMILES string of the molecule is CC/C=C\C/C=C\C/C=C\C/C=C\CCCCC(=O)OC(COC(=O)CCCCCCCCCCCCCCCCCCCCCC)COP(=O)(O)OCC(O)CO. The standard InChI is InChI=1S/C47H85O10P/c1-3-5-7-9-11-13-15-17-19-20-21-22-23-25-26-28-30-32-34-36-38-46(50)54-42-45(43-56-58(52,53)55-41-44(49)40-48)57-47(51)39-37-35-33-31-29-27-24-18-16-14-12-10-8-6-4-2/h6,8,12,14,18,24,29,31,44-45,48-49H,3-5,7,9-11,13,15-17,19-23,25-28,30,32-43H2,1-2H3,(H,52,53)/b8-6-,14-12-,24-18-,31-29-. The van der Waals surface area contributed by atoms with Crippen molar-refractivity contribution in [3.63, 3.8) is 0 Å². The number of phosphoric acid groups is 1. The van der Waals surface area contributed by atoms with E-state index in [9.17, 15) is 24.2 Å². The number of ether oxygens (including phenoxy) is 2. The van der Waals surface area contributed by atoms with Crippen molar-refractivity contribution >= 4 is 19.8 Å². The number of aliphatic hydroxyl groups is 2. The van der Waals surface area contributed by atoms with Crippen molar-refractivity contribution in [2.45, 2.75) is 212 Å². The zero-order chi connectivity index (χ0) is 42.6. The number of hydrogen-bond donors (Lipinski definition) is 3. The normalized spacial score (nSPS) is 14.2. The quantitative estimate of drug-likeness (QED) is 0.0234. The summed E-state index contributed by atoms with van der Waals surface area (Å²) in [5.74, 6) is -0.968. The fourth-order valence-electron chi connectivity index (χ4n) is 6.22. The van der Waals surface area contributed by atoms with Gasteiger partial charge in [0, 0.05) is 12.8 Å². The molecule has 0 saturated heterocycles. The molecule has 0 fully saturated rings. The molecule has 3 unspecified atom stereocenters. The highest BCUT2D eigenvalue weighted by molar-refractivity contribution is 7.47. The molecular weight excluding hydrogens is 755 g/mol. The van der Waals surface area contributed by atoms with E-state index in [4.69, 9.17) is 19.1 Å². The number of aliphatic hydroxyl groups excluding tert-OH is 2. The minimum atomic E-state index is -4.63. The molecule has 0 rings (SSSR count). The first kappa shape index (κ1) is 55.9. The van der Waals surface area contributed by atoms with Gasteiger partial charge in [0.15, 0.2) is 6.10 Å². The number of carbonyl (C=O) groups excluding carboxylic acids is 2. The van der Waals surface area contributed by atoms with Crippen molar-refractivity contribution in [2.75, 3.05) is 26.4 Å². The summed E-state index contributed by atoms with van der Waals surface area (Å²) >= 11 is 0. The Balaban J connectivity index is 4.25. The smallest absolute Gasteiger partial charge is 0.462 e. The van der Waals surface area contributed by atoms with Crippen LogP contribution in [0.3, 0.4) is 0 Å². The largest absolute Gasteiger partial charge is 0.472 e. The Kier molecular flexibility index (Phi) is 41.5. The van der Waals surface area contributed by atoms with E-state index in [1.54, 1.807) is 0 Å². The van der Waals surface area contributed by atoms with Gasteiger partial charge in [0.05, 0.1) is 19.8 Å². The van der Waals surface area contributed by atoms with Gasteiger partial charge in [0.1, 0.15) is 12.7 Å². The fraction of sp³-hybridized carbons (Fsp3) is 0.787. The molecule has 0 aromatic rings. The number of hydrogen-bond acceptors (Lipinski definition) is 9. The molecule has 0 bridgehead atoms. The maximum absolute atomic E-state index is 12.6. The van der Waals surface area contributed by atoms with Crippen molar-refractivity contribution in [2.24, 2.45) is 0 Å². The lowest BCUT2D eigenvalue weighted by atomic mass is 10.0. The molecule has 0 radical (unpaired) electrons. The molecule has 0 saturated carbocycles. The summed E-state index contributed by atoms with van der Waals surface area (Å²) in [7, 11) is -4.63. The van der Waals surface area contributed by atoms with Gasteiger partial charge < -0.3 is 24.6 Å². The van der Waals surface area contributed by atoms with Gasteiger partial charge >= 0.3 is 19.8 Å². The van der Waals surface area contributed by atoms with Crippen molar-refractivity contribution in [3.05, 3.63) is 48.6 Å². The van der Waals surface area contributed by atoms with Gasteiger partial charge in [-0.3, -0.25) is 18.6 Å². The van der Waals surface area contributed by atoms with Crippen LogP contribution in [-0.2, 0) is 32.7 Å². The van der Waals surface area contributed by atoms with Crippen molar-refractivity contribution in [1.82, 2.24) is 0 Å². The summed E-state index contributed by atoms with van der Waals surface area (Å²) in [5.41, 5.74) is 0. The zero-order valence-electron chi connectivity index (χ0n) is 36.8. The summed E-state index contributed by atoms with van der Waals surface area (Å²) in [6, 6.07) is 0. The number of rotatable bonds is 43. The average molecular weight is 841 g/mol. The Morgan fingerprint density at radius 2 is 0.948 bits per heavy atom. The third-order valence-corrected chi connectivity index (χ3v) is 10.7. The summed E-state index contributed by atoms with van der Waals surface area (Å²) in [6.07, 6.45) is 46.6. The van der Waals surface area contributed by atoms with Crippen molar-refractivity contribution in [3.8, 4) is 0 Å². The van der Waals surface area contributed by atoms with Gasteiger partial charge in [-0.1, -0.05) is 184 Å². The van der Waals surface area contributed by atoms with Gasteiger partial charge in [-0.05, 0) is 51.4 Å². The van der Waals surface area contributed by atoms with E-state index in [1.807, 2.05) is 0 Å². The number of unbranched alkanes of at least 4 members (excludes halogenated alkanes) is 21. The second-order valence-corrected chi connectivity index (χ2v) is 16.9. The van der Waals surface area contributed by atoms with Crippen LogP contribution in [0.2, 0.25) is 0 Å². The van der Waals surface area contributed by atoms with Crippen LogP contribution in [0.5, 0.6) is 0 Å². The Hall–Kier alpha value is -2.07. The first-order chi connectivity index (χ1) is 28.2. The summed E-state index contributed by atoms with van der Waals surface area (Å²) < 4.78 is 32.7. The molecule has 0 spiro atoms. The number of esters is 2. The molecule has 11 heteroatoms. The molecule has 0 aliphatic heterocycles. The lowest BCUT2D eigenvalue weighted by Gasteiger charge is -2.20. The van der Waals surface area contributed by atoms with Gasteiger partial charge in [-0.25, -0.2) is 4.57 Å². The first-order valence-electron chi connectivity index (χ1n) is 23.1. The molecule has 0 amide bonds. The van der Waals surface area contributed by atoms with Crippen LogP contribution < -0.4 is 0 Å². The highest BCUT2D eigenvalue weighted by Gasteiger charge is 2.27. The van der Waals surface area contributed by atoms with Crippen LogP contribution in [0.25, 0.3) is 0 Å². The minimum absolute atomic E-state index is 0.132. The highest BCUT2D eigenvalue weighted by atomic mass is 31.2. The molecule has 0 aliphatic rings. The topological polar surface area (TPSA) is 149 Å². The van der Waals surface area contributed by atoms with E-state index in [2.05, 4.69) is 67.0 Å². The van der Waals surface area contributed by atoms with Crippen LogP contribution in [-0.4, -0.2) is 65.7 Å². The average Bonchev–Trinajstić information content (AvgIpc) is 3.21. The maximum atomic E-state index is 12.6. The van der Waals surface area contributed by atoms with Crippen LogP contribution in [0.15, 0.2) is 48.6 Å².